The molecular formula is C12H16N. The smallest absolute Gasteiger partial charge is 0.0412 e. The molecule has 0 spiro atoms. The monoisotopic (exact) mass is 174 g/mol. The van der Waals surface area contributed by atoms with E-state index in [4.69, 9.17) is 0 Å². The second-order valence-electron chi connectivity index (χ2n) is 3.59. The van der Waals surface area contributed by atoms with Gasteiger partial charge in [-0.05, 0) is 24.0 Å². The van der Waals surface area contributed by atoms with Crippen LogP contribution in [-0.4, -0.2) is 12.8 Å². The average molecular weight is 174 g/mol. The Balaban J connectivity index is 2.63. The molecule has 0 saturated carbocycles. The van der Waals surface area contributed by atoms with E-state index in [1.54, 1.807) is 0 Å². The van der Waals surface area contributed by atoms with Gasteiger partial charge in [0.15, 0.2) is 0 Å². The summed E-state index contributed by atoms with van der Waals surface area (Å²) in [4.78, 5) is 4.34. The molecule has 69 valence electrons. The molecule has 0 N–H and O–H groups in total. The molecule has 1 aromatic rings. The van der Waals surface area contributed by atoms with E-state index in [0.29, 0.717) is 5.92 Å². The van der Waals surface area contributed by atoms with Gasteiger partial charge in [-0.1, -0.05) is 38.1 Å². The van der Waals surface area contributed by atoms with Crippen LogP contribution in [0.5, 0.6) is 0 Å². The van der Waals surface area contributed by atoms with E-state index >= 15 is 0 Å². The Morgan fingerprint density at radius 2 is 2.08 bits per heavy atom. The Morgan fingerprint density at radius 1 is 1.38 bits per heavy atom. The van der Waals surface area contributed by atoms with Gasteiger partial charge in [0, 0.05) is 12.8 Å². The van der Waals surface area contributed by atoms with E-state index in [0.717, 1.165) is 17.7 Å². The van der Waals surface area contributed by atoms with Crippen molar-refractivity contribution in [3.63, 3.8) is 0 Å². The quantitative estimate of drug-likeness (QED) is 0.625. The second kappa shape index (κ2) is 4.80. The van der Waals surface area contributed by atoms with E-state index in [1.807, 2.05) is 30.5 Å². The highest BCUT2D eigenvalue weighted by Gasteiger charge is 1.92. The van der Waals surface area contributed by atoms with Crippen LogP contribution in [-0.2, 0) is 0 Å². The van der Waals surface area contributed by atoms with Crippen LogP contribution >= 0.6 is 0 Å². The molecule has 1 heteroatoms. The molecule has 0 aliphatic heterocycles. The van der Waals surface area contributed by atoms with Crippen LogP contribution in [0.3, 0.4) is 0 Å². The Hall–Kier alpha value is -1.11. The first-order valence-corrected chi connectivity index (χ1v) is 4.61. The molecule has 0 saturated heterocycles. The molecule has 0 atom stereocenters. The third kappa shape index (κ3) is 3.41. The zero-order chi connectivity index (χ0) is 9.68. The molecule has 0 aliphatic rings. The summed E-state index contributed by atoms with van der Waals surface area (Å²) in [7, 11) is 0. The van der Waals surface area contributed by atoms with Gasteiger partial charge in [0.2, 0.25) is 0 Å². The maximum Gasteiger partial charge on any atom is 0.0412 e. The molecule has 1 nitrogen and oxygen atoms in total. The third-order valence-electron chi connectivity index (χ3n) is 1.76. The number of nitrogens with zero attached hydrogens (tertiary/aromatic N) is 1. The summed E-state index contributed by atoms with van der Waals surface area (Å²) in [5, 5.41) is 0. The van der Waals surface area contributed by atoms with Crippen LogP contribution in [0.2, 0.25) is 0 Å². The standard InChI is InChI=1S/C12H16N/c1-10(2)8-13-9-12-7-5-4-6-11(12)3/h4-7,9-10H,3,8H2,1-2H3/b13-9+. The van der Waals surface area contributed by atoms with Gasteiger partial charge in [0.05, 0.1) is 0 Å². The lowest BCUT2D eigenvalue weighted by molar-refractivity contribution is 0.667. The van der Waals surface area contributed by atoms with Gasteiger partial charge in [-0.3, -0.25) is 4.99 Å². The van der Waals surface area contributed by atoms with Gasteiger partial charge in [0.1, 0.15) is 0 Å². The first-order chi connectivity index (χ1) is 6.20. The van der Waals surface area contributed by atoms with E-state index in [-0.39, 0.29) is 0 Å². The van der Waals surface area contributed by atoms with E-state index < -0.39 is 0 Å². The lowest BCUT2D eigenvalue weighted by Crippen LogP contribution is -1.93. The normalized spacial score (nSPS) is 11.4. The van der Waals surface area contributed by atoms with Gasteiger partial charge < -0.3 is 0 Å². The van der Waals surface area contributed by atoms with Crippen molar-refractivity contribution in [1.82, 2.24) is 0 Å². The summed E-state index contributed by atoms with van der Waals surface area (Å²) in [6.07, 6.45) is 1.91. The molecule has 0 bridgehead atoms. The average Bonchev–Trinajstić information content (AvgIpc) is 2.08. The van der Waals surface area contributed by atoms with Gasteiger partial charge >= 0.3 is 0 Å². The fourth-order valence-electron chi connectivity index (χ4n) is 1.02. The fourth-order valence-corrected chi connectivity index (χ4v) is 1.02. The molecule has 13 heavy (non-hydrogen) atoms. The number of benzene rings is 1. The Morgan fingerprint density at radius 3 is 2.69 bits per heavy atom. The maximum atomic E-state index is 4.34. The van der Waals surface area contributed by atoms with Gasteiger partial charge in [-0.25, -0.2) is 0 Å². The van der Waals surface area contributed by atoms with Crippen molar-refractivity contribution in [1.29, 1.82) is 0 Å². The predicted molar refractivity (Wildman–Crippen MR) is 58.2 cm³/mol. The maximum absolute atomic E-state index is 4.34. The van der Waals surface area contributed by atoms with E-state index in [1.165, 1.54) is 0 Å². The van der Waals surface area contributed by atoms with Gasteiger partial charge in [0.25, 0.3) is 0 Å². The van der Waals surface area contributed by atoms with Gasteiger partial charge in [-0.2, -0.15) is 0 Å². The zero-order valence-electron chi connectivity index (χ0n) is 8.33. The van der Waals surface area contributed by atoms with Crippen molar-refractivity contribution < 1.29 is 0 Å². The van der Waals surface area contributed by atoms with E-state index in [2.05, 4.69) is 25.8 Å². The molecule has 0 aromatic heterocycles. The van der Waals surface area contributed by atoms with Crippen LogP contribution in [0.25, 0.3) is 0 Å². The van der Waals surface area contributed by atoms with E-state index in [9.17, 15) is 0 Å². The van der Waals surface area contributed by atoms with Crippen molar-refractivity contribution in [2.45, 2.75) is 13.8 Å². The molecule has 0 unspecified atom stereocenters. The van der Waals surface area contributed by atoms with Gasteiger partial charge in [-0.15, -0.1) is 0 Å². The van der Waals surface area contributed by atoms with Crippen LogP contribution in [0.4, 0.5) is 0 Å². The number of hydrogen-bond acceptors (Lipinski definition) is 1. The van der Waals surface area contributed by atoms with Crippen LogP contribution in [0, 0.1) is 12.8 Å². The third-order valence-corrected chi connectivity index (χ3v) is 1.76. The summed E-state index contributed by atoms with van der Waals surface area (Å²) < 4.78 is 0. The molecule has 0 aliphatic carbocycles. The lowest BCUT2D eigenvalue weighted by atomic mass is 10.1. The summed E-state index contributed by atoms with van der Waals surface area (Å²) >= 11 is 0. The summed E-state index contributed by atoms with van der Waals surface area (Å²) in [6.45, 7) is 9.13. The first kappa shape index (κ1) is 9.97. The van der Waals surface area contributed by atoms with Crippen molar-refractivity contribution in [3.8, 4) is 0 Å². The lowest BCUT2D eigenvalue weighted by Gasteiger charge is -1.99. The minimum absolute atomic E-state index is 0.619. The SMILES string of the molecule is [CH2]c1ccccc1/C=N/CC(C)C. The van der Waals surface area contributed by atoms with Crippen molar-refractivity contribution in [3.05, 3.63) is 42.3 Å². The minimum Gasteiger partial charge on any atom is -0.292 e. The summed E-state index contributed by atoms with van der Waals surface area (Å²) in [6, 6.07) is 8.02. The Kier molecular flexibility index (Phi) is 3.69. The predicted octanol–water partition coefficient (Wildman–Crippen LogP) is 2.94. The molecule has 1 aromatic carbocycles. The highest BCUT2D eigenvalue weighted by Crippen LogP contribution is 2.03. The van der Waals surface area contributed by atoms with Crippen molar-refractivity contribution >= 4 is 6.21 Å². The van der Waals surface area contributed by atoms with Crippen molar-refractivity contribution in [2.75, 3.05) is 6.54 Å². The highest BCUT2D eigenvalue weighted by atomic mass is 14.7. The molecule has 0 fully saturated rings. The number of aliphatic imine (C=N–C) groups is 1. The topological polar surface area (TPSA) is 12.4 Å². The molecule has 0 amide bonds. The summed E-state index contributed by atoms with van der Waals surface area (Å²) in [5.74, 6) is 0.619. The Labute approximate surface area is 80.5 Å². The van der Waals surface area contributed by atoms with Crippen LogP contribution in [0.1, 0.15) is 25.0 Å². The highest BCUT2D eigenvalue weighted by molar-refractivity contribution is 5.82. The zero-order valence-corrected chi connectivity index (χ0v) is 8.33. The first-order valence-electron chi connectivity index (χ1n) is 4.61. The molecule has 1 rings (SSSR count). The van der Waals surface area contributed by atoms with Crippen molar-refractivity contribution in [2.24, 2.45) is 10.9 Å². The molecular weight excluding hydrogens is 158 g/mol. The fraction of sp³-hybridized carbons (Fsp3) is 0.333. The second-order valence-corrected chi connectivity index (χ2v) is 3.59. The van der Waals surface area contributed by atoms with Crippen LogP contribution in [0.15, 0.2) is 29.3 Å². The van der Waals surface area contributed by atoms with Crippen LogP contribution < -0.4 is 0 Å². The largest absolute Gasteiger partial charge is 0.292 e. The Bertz CT molecular complexity index is 287. The summed E-state index contributed by atoms with van der Waals surface area (Å²) in [5.41, 5.74) is 2.15. The number of hydrogen-bond donors (Lipinski definition) is 0. The minimum atomic E-state index is 0.619. The molecule has 0 heterocycles. The number of rotatable bonds is 3. The molecule has 1 radical (unpaired) electrons.